The van der Waals surface area contributed by atoms with Crippen molar-refractivity contribution in [2.45, 2.75) is 43.8 Å². The van der Waals surface area contributed by atoms with Gasteiger partial charge in [0.15, 0.2) is 0 Å². The summed E-state index contributed by atoms with van der Waals surface area (Å²) in [4.78, 5) is 57.3. The highest BCUT2D eigenvalue weighted by Gasteiger charge is 2.25. The number of carbonyl (C=O) groups is 5. The van der Waals surface area contributed by atoms with Gasteiger partial charge in [-0.3, -0.25) is 9.59 Å². The molecule has 0 saturated heterocycles. The van der Waals surface area contributed by atoms with E-state index in [1.54, 1.807) is 0 Å². The molecule has 1 amide bonds. The second-order valence-corrected chi connectivity index (χ2v) is 6.01. The van der Waals surface area contributed by atoms with E-state index in [1.165, 1.54) is 6.08 Å². The molecule has 6 N–H and O–H groups in total. The maximum atomic E-state index is 11.9. The van der Waals surface area contributed by atoms with Gasteiger partial charge in [-0.2, -0.15) is 12.6 Å². The fourth-order valence-electron chi connectivity index (χ4n) is 1.74. The number of nitrogens with two attached hydrogens (primary N) is 2. The average molecular weight is 419 g/mol. The standard InChI is InChI=1S/C16H25N3O8S/c1-2-7-26-16(25)11(8-28)19-12(20)5-3-9(17)14(23)27-15(24)10(18)4-6-13(21)22/h2,9-11,28H,1,3-8,17-18H2,(H,19,20)(H,21,22). The van der Waals surface area contributed by atoms with Crippen molar-refractivity contribution in [3.05, 3.63) is 12.7 Å². The number of rotatable bonds is 13. The van der Waals surface area contributed by atoms with Crippen LogP contribution < -0.4 is 16.8 Å². The van der Waals surface area contributed by atoms with Crippen molar-refractivity contribution in [2.75, 3.05) is 12.4 Å². The molecule has 11 nitrogen and oxygen atoms in total. The third-order valence-electron chi connectivity index (χ3n) is 3.30. The Morgan fingerprint density at radius 2 is 1.57 bits per heavy atom. The Morgan fingerprint density at radius 3 is 2.04 bits per heavy atom. The molecule has 12 heteroatoms. The van der Waals surface area contributed by atoms with Crippen molar-refractivity contribution in [1.82, 2.24) is 5.32 Å². The van der Waals surface area contributed by atoms with Crippen LogP contribution in [0.25, 0.3) is 0 Å². The summed E-state index contributed by atoms with van der Waals surface area (Å²) in [5.74, 6) is -4.62. The van der Waals surface area contributed by atoms with Gasteiger partial charge in [-0.05, 0) is 12.8 Å². The summed E-state index contributed by atoms with van der Waals surface area (Å²) in [7, 11) is 0. The minimum absolute atomic E-state index is 0.00144. The smallest absolute Gasteiger partial charge is 0.330 e. The fraction of sp³-hybridized carbons (Fsp3) is 0.562. The van der Waals surface area contributed by atoms with Gasteiger partial charge >= 0.3 is 23.9 Å². The molecule has 0 radical (unpaired) electrons. The number of thiol groups is 1. The van der Waals surface area contributed by atoms with E-state index in [0.717, 1.165) is 0 Å². The van der Waals surface area contributed by atoms with Crippen LogP contribution in [0.15, 0.2) is 12.7 Å². The molecule has 3 atom stereocenters. The number of aliphatic carboxylic acids is 1. The number of ether oxygens (including phenoxy) is 2. The van der Waals surface area contributed by atoms with Crippen LogP contribution in [-0.2, 0) is 33.4 Å². The minimum atomic E-state index is -1.29. The number of carboxylic acids is 1. The van der Waals surface area contributed by atoms with Gasteiger partial charge in [0.2, 0.25) is 5.91 Å². The highest BCUT2D eigenvalue weighted by molar-refractivity contribution is 7.80. The summed E-state index contributed by atoms with van der Waals surface area (Å²) in [6.45, 7) is 3.38. The normalized spacial score (nSPS) is 13.5. The zero-order chi connectivity index (χ0) is 21.7. The first-order valence-electron chi connectivity index (χ1n) is 8.28. The predicted molar refractivity (Wildman–Crippen MR) is 100 cm³/mol. The Hall–Kier alpha value is -2.44. The topological polar surface area (TPSA) is 188 Å². The number of hydrogen-bond acceptors (Lipinski definition) is 10. The highest BCUT2D eigenvalue weighted by Crippen LogP contribution is 2.03. The summed E-state index contributed by atoms with van der Waals surface area (Å²) in [5.41, 5.74) is 11.0. The van der Waals surface area contributed by atoms with Crippen LogP contribution in [0.2, 0.25) is 0 Å². The fourth-order valence-corrected chi connectivity index (χ4v) is 1.98. The molecule has 0 fully saturated rings. The minimum Gasteiger partial charge on any atom is -0.481 e. The number of carboxylic acid groups (broad SMARTS) is 1. The third-order valence-corrected chi connectivity index (χ3v) is 3.67. The van der Waals surface area contributed by atoms with E-state index in [4.69, 9.17) is 21.3 Å². The molecule has 0 saturated carbocycles. The SMILES string of the molecule is C=CCOC(=O)C(CS)NC(=O)CCC(N)C(=O)OC(=O)C(N)CCC(=O)O. The van der Waals surface area contributed by atoms with Crippen molar-refractivity contribution in [3.63, 3.8) is 0 Å². The molecule has 0 bridgehead atoms. The zero-order valence-corrected chi connectivity index (χ0v) is 16.1. The van der Waals surface area contributed by atoms with Gasteiger partial charge in [0.25, 0.3) is 0 Å². The largest absolute Gasteiger partial charge is 0.481 e. The molecule has 0 rings (SSSR count). The van der Waals surface area contributed by atoms with E-state index in [1.807, 2.05) is 0 Å². The molecule has 0 aliphatic rings. The molecule has 158 valence electrons. The first-order chi connectivity index (χ1) is 13.1. The van der Waals surface area contributed by atoms with E-state index in [2.05, 4.69) is 29.3 Å². The second-order valence-electron chi connectivity index (χ2n) is 5.65. The van der Waals surface area contributed by atoms with Gasteiger partial charge in [0.05, 0.1) is 0 Å². The quantitative estimate of drug-likeness (QED) is 0.102. The summed E-state index contributed by atoms with van der Waals surface area (Å²) in [5, 5.41) is 10.9. The van der Waals surface area contributed by atoms with Gasteiger partial charge < -0.3 is 31.4 Å². The average Bonchev–Trinajstić information content (AvgIpc) is 2.65. The van der Waals surface area contributed by atoms with E-state index in [-0.39, 0.29) is 38.0 Å². The molecular formula is C16H25N3O8S. The van der Waals surface area contributed by atoms with Gasteiger partial charge in [0.1, 0.15) is 24.7 Å². The molecule has 3 unspecified atom stereocenters. The van der Waals surface area contributed by atoms with Crippen LogP contribution in [-0.4, -0.2) is 65.4 Å². The molecule has 0 aromatic rings. The van der Waals surface area contributed by atoms with Gasteiger partial charge in [-0.15, -0.1) is 0 Å². The predicted octanol–water partition coefficient (Wildman–Crippen LogP) is -1.50. The molecule has 0 aromatic carbocycles. The van der Waals surface area contributed by atoms with E-state index in [9.17, 15) is 24.0 Å². The van der Waals surface area contributed by atoms with E-state index < -0.39 is 47.9 Å². The number of nitrogens with one attached hydrogen (secondary N) is 1. The monoisotopic (exact) mass is 419 g/mol. The van der Waals surface area contributed by atoms with Crippen LogP contribution in [0.4, 0.5) is 0 Å². The number of esters is 3. The number of hydrogen-bond donors (Lipinski definition) is 5. The maximum Gasteiger partial charge on any atom is 0.330 e. The lowest BCUT2D eigenvalue weighted by Crippen LogP contribution is -2.44. The summed E-state index contributed by atoms with van der Waals surface area (Å²) in [6.07, 6.45) is 0.414. The van der Waals surface area contributed by atoms with Gasteiger partial charge in [-0.25, -0.2) is 14.4 Å². The van der Waals surface area contributed by atoms with Crippen molar-refractivity contribution in [2.24, 2.45) is 11.5 Å². The number of carbonyl (C=O) groups excluding carboxylic acids is 4. The van der Waals surface area contributed by atoms with Gasteiger partial charge in [0, 0.05) is 18.6 Å². The lowest BCUT2D eigenvalue weighted by Gasteiger charge is -2.16. The van der Waals surface area contributed by atoms with Crippen molar-refractivity contribution >= 4 is 42.4 Å². The Bertz CT molecular complexity index is 598. The molecule has 0 aliphatic carbocycles. The Morgan fingerprint density at radius 1 is 1.04 bits per heavy atom. The zero-order valence-electron chi connectivity index (χ0n) is 15.2. The van der Waals surface area contributed by atoms with Crippen LogP contribution in [0.3, 0.4) is 0 Å². The maximum absolute atomic E-state index is 11.9. The Labute approximate surface area is 167 Å². The first-order valence-corrected chi connectivity index (χ1v) is 8.91. The highest BCUT2D eigenvalue weighted by atomic mass is 32.1. The van der Waals surface area contributed by atoms with Crippen LogP contribution in [0.5, 0.6) is 0 Å². The summed E-state index contributed by atoms with van der Waals surface area (Å²) >= 11 is 3.95. The van der Waals surface area contributed by atoms with Gasteiger partial charge in [-0.1, -0.05) is 12.7 Å². The Balaban J connectivity index is 4.37. The molecule has 0 heterocycles. The van der Waals surface area contributed by atoms with Crippen LogP contribution in [0.1, 0.15) is 25.7 Å². The molecule has 0 aliphatic heterocycles. The molecule has 0 spiro atoms. The molecular weight excluding hydrogens is 394 g/mol. The molecule has 0 aromatic heterocycles. The van der Waals surface area contributed by atoms with Crippen molar-refractivity contribution in [3.8, 4) is 0 Å². The van der Waals surface area contributed by atoms with E-state index in [0.29, 0.717) is 0 Å². The lowest BCUT2D eigenvalue weighted by molar-refractivity contribution is -0.161. The lowest BCUT2D eigenvalue weighted by atomic mass is 10.1. The van der Waals surface area contributed by atoms with Crippen molar-refractivity contribution in [1.29, 1.82) is 0 Å². The molecule has 28 heavy (non-hydrogen) atoms. The summed E-state index contributed by atoms with van der Waals surface area (Å²) < 4.78 is 9.28. The second kappa shape index (κ2) is 13.7. The third kappa shape index (κ3) is 10.6. The van der Waals surface area contributed by atoms with Crippen molar-refractivity contribution < 1.29 is 38.6 Å². The number of amides is 1. The Kier molecular flexibility index (Phi) is 12.5. The van der Waals surface area contributed by atoms with Crippen LogP contribution in [0, 0.1) is 0 Å². The van der Waals surface area contributed by atoms with E-state index >= 15 is 0 Å². The van der Waals surface area contributed by atoms with Crippen LogP contribution >= 0.6 is 12.6 Å². The summed E-state index contributed by atoms with van der Waals surface area (Å²) in [6, 6.07) is -3.55. The first kappa shape index (κ1) is 25.6.